The second-order valence-corrected chi connectivity index (χ2v) is 5.01. The monoisotopic (exact) mass is 315 g/mol. The molecule has 1 aromatic carbocycles. The van der Waals surface area contributed by atoms with Crippen molar-refractivity contribution in [1.82, 2.24) is 9.97 Å². The van der Waals surface area contributed by atoms with E-state index in [1.807, 2.05) is 36.5 Å². The largest absolute Gasteiger partial charge is 0.465 e. The van der Waals surface area contributed by atoms with E-state index in [2.05, 4.69) is 28.7 Å². The molecule has 0 spiro atoms. The number of pyridine rings is 2. The van der Waals surface area contributed by atoms with Gasteiger partial charge in [-0.15, -0.1) is 0 Å². The molecule has 3 aromatic rings. The molecule has 22 heavy (non-hydrogen) atoms. The predicted molar refractivity (Wildman–Crippen MR) is 86.9 cm³/mol. The van der Waals surface area contributed by atoms with Gasteiger partial charge < -0.3 is 10.8 Å². The van der Waals surface area contributed by atoms with Crippen LogP contribution in [0.3, 0.4) is 0 Å². The number of amides is 1. The van der Waals surface area contributed by atoms with Gasteiger partial charge in [0.15, 0.2) is 0 Å². The van der Waals surface area contributed by atoms with Crippen molar-refractivity contribution < 1.29 is 9.90 Å². The lowest BCUT2D eigenvalue weighted by Crippen LogP contribution is -2.03. The number of hydrogen-bond donors (Lipinski definition) is 2. The van der Waals surface area contributed by atoms with Crippen molar-refractivity contribution in [2.24, 2.45) is 5.73 Å². The Labute approximate surface area is 132 Å². The Balaban J connectivity index is 0.000000396. The van der Waals surface area contributed by atoms with Gasteiger partial charge in [-0.2, -0.15) is 0 Å². The van der Waals surface area contributed by atoms with Gasteiger partial charge in [-0.3, -0.25) is 9.97 Å². The molecule has 6 heteroatoms. The number of halogens is 1. The van der Waals surface area contributed by atoms with Crippen molar-refractivity contribution in [2.75, 3.05) is 0 Å². The van der Waals surface area contributed by atoms with Crippen LogP contribution in [0.2, 0.25) is 5.02 Å². The number of primary amides is 1. The minimum Gasteiger partial charge on any atom is -0.465 e. The van der Waals surface area contributed by atoms with E-state index < -0.39 is 6.09 Å². The summed E-state index contributed by atoms with van der Waals surface area (Å²) in [5.41, 5.74) is 8.16. The summed E-state index contributed by atoms with van der Waals surface area (Å²) in [4.78, 5) is 17.5. The van der Waals surface area contributed by atoms with E-state index in [0.717, 1.165) is 22.2 Å². The standard InChI is InChI=1S/C15H11ClN2.CH3NO2/c1-10-4-6-17-14(8-10)13-5-7-18-15-9-11(16)2-3-12(13)15;2-1(3)4/h2-9H,1H3;2H2,(H,3,4). The van der Waals surface area contributed by atoms with Gasteiger partial charge in [0.2, 0.25) is 0 Å². The molecule has 0 atom stereocenters. The van der Waals surface area contributed by atoms with Crippen molar-refractivity contribution in [3.8, 4) is 11.3 Å². The maximum atomic E-state index is 8.78. The predicted octanol–water partition coefficient (Wildman–Crippen LogP) is 3.88. The highest BCUT2D eigenvalue weighted by molar-refractivity contribution is 6.31. The van der Waals surface area contributed by atoms with E-state index in [9.17, 15) is 0 Å². The molecule has 0 radical (unpaired) electrons. The van der Waals surface area contributed by atoms with Crippen LogP contribution in [0.1, 0.15) is 5.56 Å². The highest BCUT2D eigenvalue weighted by atomic mass is 35.5. The van der Waals surface area contributed by atoms with E-state index >= 15 is 0 Å². The van der Waals surface area contributed by atoms with Gasteiger partial charge in [0.1, 0.15) is 0 Å². The minimum absolute atomic E-state index is 0.698. The summed E-state index contributed by atoms with van der Waals surface area (Å²) in [5.74, 6) is 0. The number of nitrogens with zero attached hydrogens (tertiary/aromatic N) is 2. The average Bonchev–Trinajstić information content (AvgIpc) is 2.45. The van der Waals surface area contributed by atoms with Crippen LogP contribution in [-0.4, -0.2) is 21.2 Å². The summed E-state index contributed by atoms with van der Waals surface area (Å²) >= 11 is 5.99. The minimum atomic E-state index is -1.33. The Morgan fingerprint density at radius 1 is 1.14 bits per heavy atom. The Hall–Kier alpha value is -2.66. The maximum absolute atomic E-state index is 8.78. The molecule has 2 aromatic heterocycles. The van der Waals surface area contributed by atoms with Gasteiger partial charge in [0, 0.05) is 28.4 Å². The number of rotatable bonds is 1. The normalized spacial score (nSPS) is 9.91. The van der Waals surface area contributed by atoms with Gasteiger partial charge in [0.25, 0.3) is 0 Å². The highest BCUT2D eigenvalue weighted by Gasteiger charge is 2.06. The summed E-state index contributed by atoms with van der Waals surface area (Å²) < 4.78 is 0. The fourth-order valence-corrected chi connectivity index (χ4v) is 2.19. The van der Waals surface area contributed by atoms with Crippen LogP contribution in [0.4, 0.5) is 4.79 Å². The Morgan fingerprint density at radius 3 is 2.50 bits per heavy atom. The van der Waals surface area contributed by atoms with Crippen LogP contribution in [0, 0.1) is 6.92 Å². The summed E-state index contributed by atoms with van der Waals surface area (Å²) in [6.07, 6.45) is 2.28. The Morgan fingerprint density at radius 2 is 1.82 bits per heavy atom. The number of carboxylic acid groups (broad SMARTS) is 1. The summed E-state index contributed by atoms with van der Waals surface area (Å²) in [7, 11) is 0. The second kappa shape index (κ2) is 6.87. The average molecular weight is 316 g/mol. The molecule has 0 unspecified atom stereocenters. The highest BCUT2D eigenvalue weighted by Crippen LogP contribution is 2.27. The molecule has 0 saturated carbocycles. The van der Waals surface area contributed by atoms with E-state index in [0.29, 0.717) is 5.02 Å². The quantitative estimate of drug-likeness (QED) is 0.713. The molecule has 2 heterocycles. The van der Waals surface area contributed by atoms with E-state index in [4.69, 9.17) is 21.5 Å². The molecule has 5 nitrogen and oxygen atoms in total. The lowest BCUT2D eigenvalue weighted by atomic mass is 10.0. The zero-order chi connectivity index (χ0) is 16.1. The molecule has 0 aliphatic rings. The number of nitrogens with two attached hydrogens (primary N) is 1. The summed E-state index contributed by atoms with van der Waals surface area (Å²) in [6.45, 7) is 2.06. The number of carbonyl (C=O) groups is 1. The zero-order valence-electron chi connectivity index (χ0n) is 11.8. The van der Waals surface area contributed by atoms with E-state index in [-0.39, 0.29) is 0 Å². The first kappa shape index (κ1) is 15.7. The van der Waals surface area contributed by atoms with E-state index in [1.165, 1.54) is 5.56 Å². The molecule has 3 rings (SSSR count). The first-order valence-corrected chi connectivity index (χ1v) is 6.81. The van der Waals surface area contributed by atoms with Gasteiger partial charge >= 0.3 is 6.09 Å². The summed E-state index contributed by atoms with van der Waals surface area (Å²) in [5, 5.41) is 8.96. The maximum Gasteiger partial charge on any atom is 0.402 e. The number of hydrogen-bond acceptors (Lipinski definition) is 3. The Bertz CT molecular complexity index is 817. The van der Waals surface area contributed by atoms with Crippen LogP contribution in [0.15, 0.2) is 48.8 Å². The third kappa shape index (κ3) is 3.93. The van der Waals surface area contributed by atoms with Gasteiger partial charge in [-0.05, 0) is 42.8 Å². The molecule has 112 valence electrons. The molecule has 1 amide bonds. The summed E-state index contributed by atoms with van der Waals surface area (Å²) in [6, 6.07) is 11.8. The molecule has 3 N–H and O–H groups in total. The van der Waals surface area contributed by atoms with Crippen LogP contribution in [0.5, 0.6) is 0 Å². The van der Waals surface area contributed by atoms with Crippen molar-refractivity contribution in [2.45, 2.75) is 6.92 Å². The molecular formula is C16H14ClN3O2. The lowest BCUT2D eigenvalue weighted by Gasteiger charge is -2.06. The van der Waals surface area contributed by atoms with Crippen LogP contribution in [-0.2, 0) is 0 Å². The van der Waals surface area contributed by atoms with Crippen molar-refractivity contribution in [3.63, 3.8) is 0 Å². The SMILES string of the molecule is Cc1ccnc(-c2ccnc3cc(Cl)ccc23)c1.NC(=O)O. The molecule has 0 fully saturated rings. The van der Waals surface area contributed by atoms with Crippen LogP contribution in [0.25, 0.3) is 22.2 Å². The second-order valence-electron chi connectivity index (χ2n) is 4.58. The fraction of sp³-hybridized carbons (Fsp3) is 0.0625. The molecule has 0 bridgehead atoms. The van der Waals surface area contributed by atoms with Crippen molar-refractivity contribution in [1.29, 1.82) is 0 Å². The third-order valence-corrected chi connectivity index (χ3v) is 3.13. The van der Waals surface area contributed by atoms with Crippen LogP contribution >= 0.6 is 11.6 Å². The molecule has 0 aliphatic heterocycles. The third-order valence-electron chi connectivity index (χ3n) is 2.90. The lowest BCUT2D eigenvalue weighted by molar-refractivity contribution is 0.205. The number of aryl methyl sites for hydroxylation is 1. The smallest absolute Gasteiger partial charge is 0.402 e. The zero-order valence-corrected chi connectivity index (χ0v) is 12.6. The van der Waals surface area contributed by atoms with Gasteiger partial charge in [-0.25, -0.2) is 4.79 Å². The molecule has 0 saturated heterocycles. The number of fused-ring (bicyclic) bond motifs is 1. The topological polar surface area (TPSA) is 89.1 Å². The van der Waals surface area contributed by atoms with Gasteiger partial charge in [0.05, 0.1) is 11.2 Å². The Kier molecular flexibility index (Phi) is 4.91. The first-order chi connectivity index (χ1) is 10.5. The van der Waals surface area contributed by atoms with Gasteiger partial charge in [-0.1, -0.05) is 17.7 Å². The first-order valence-electron chi connectivity index (χ1n) is 6.43. The van der Waals surface area contributed by atoms with E-state index in [1.54, 1.807) is 6.20 Å². The fourth-order valence-electron chi connectivity index (χ4n) is 2.03. The molecule has 0 aliphatic carbocycles. The number of aromatic nitrogens is 2. The molecular weight excluding hydrogens is 302 g/mol. The van der Waals surface area contributed by atoms with Crippen LogP contribution < -0.4 is 5.73 Å². The van der Waals surface area contributed by atoms with Crippen molar-refractivity contribution in [3.05, 3.63) is 59.4 Å². The number of benzene rings is 1. The van der Waals surface area contributed by atoms with Crippen molar-refractivity contribution >= 4 is 28.6 Å².